The summed E-state index contributed by atoms with van der Waals surface area (Å²) >= 11 is 0. The number of anilines is 1. The van der Waals surface area contributed by atoms with Crippen molar-refractivity contribution in [3.8, 4) is 0 Å². The summed E-state index contributed by atoms with van der Waals surface area (Å²) in [5, 5.41) is 10.9. The second kappa shape index (κ2) is 3.32. The van der Waals surface area contributed by atoms with Crippen molar-refractivity contribution < 1.29 is 0 Å². The molecule has 0 aliphatic heterocycles. The van der Waals surface area contributed by atoms with Crippen molar-refractivity contribution in [3.05, 3.63) is 0 Å². The third-order valence-electron chi connectivity index (χ3n) is 2.48. The van der Waals surface area contributed by atoms with E-state index in [0.29, 0.717) is 11.9 Å². The molecule has 0 fully saturated rings. The maximum absolute atomic E-state index is 5.56. The van der Waals surface area contributed by atoms with Gasteiger partial charge in [0.15, 0.2) is 0 Å². The summed E-state index contributed by atoms with van der Waals surface area (Å²) in [6.07, 6.45) is 0. The highest BCUT2D eigenvalue weighted by Gasteiger charge is 2.21. The predicted octanol–water partition coefficient (Wildman–Crippen LogP) is 0.937. The number of hydrogen-bond donors (Lipinski definition) is 1. The Bertz CT molecular complexity index is 272. The number of nitrogens with zero attached hydrogens (tertiary/aromatic N) is 4. The molecular formula is C8H17N5. The van der Waals surface area contributed by atoms with E-state index in [1.54, 1.807) is 4.68 Å². The average Bonchev–Trinajstić information content (AvgIpc) is 2.34. The molecule has 1 unspecified atom stereocenters. The molecule has 2 N–H and O–H groups in total. The zero-order valence-electron chi connectivity index (χ0n) is 8.65. The number of hydrogen-bond acceptors (Lipinski definition) is 4. The SMILES string of the molecule is CC(Cn1nnnc1N)C(C)(C)C. The summed E-state index contributed by atoms with van der Waals surface area (Å²) in [6, 6.07) is 0. The molecular weight excluding hydrogens is 166 g/mol. The molecule has 1 rings (SSSR count). The van der Waals surface area contributed by atoms with E-state index in [2.05, 4.69) is 43.2 Å². The maximum Gasteiger partial charge on any atom is 0.240 e. The number of aromatic nitrogens is 4. The lowest BCUT2D eigenvalue weighted by molar-refractivity contribution is 0.225. The van der Waals surface area contributed by atoms with Gasteiger partial charge in [-0.2, -0.15) is 0 Å². The van der Waals surface area contributed by atoms with Gasteiger partial charge in [-0.1, -0.05) is 32.8 Å². The van der Waals surface area contributed by atoms with Gasteiger partial charge in [0.25, 0.3) is 0 Å². The summed E-state index contributed by atoms with van der Waals surface area (Å²) < 4.78 is 1.63. The molecule has 0 amide bonds. The van der Waals surface area contributed by atoms with Crippen LogP contribution in [0.3, 0.4) is 0 Å². The summed E-state index contributed by atoms with van der Waals surface area (Å²) in [6.45, 7) is 9.51. The van der Waals surface area contributed by atoms with Gasteiger partial charge in [0.2, 0.25) is 5.95 Å². The Labute approximate surface area is 78.3 Å². The molecule has 1 atom stereocenters. The molecule has 1 heterocycles. The van der Waals surface area contributed by atoms with Gasteiger partial charge in [-0.25, -0.2) is 4.68 Å². The highest BCUT2D eigenvalue weighted by molar-refractivity contribution is 5.09. The first-order chi connectivity index (χ1) is 5.91. The van der Waals surface area contributed by atoms with Gasteiger partial charge in [-0.05, 0) is 21.8 Å². The van der Waals surface area contributed by atoms with Crippen LogP contribution in [0.25, 0.3) is 0 Å². The number of nitrogens with two attached hydrogens (primary N) is 1. The quantitative estimate of drug-likeness (QED) is 0.740. The molecule has 0 bridgehead atoms. The van der Waals surface area contributed by atoms with Crippen LogP contribution in [0.5, 0.6) is 0 Å². The fraction of sp³-hybridized carbons (Fsp3) is 0.875. The molecule has 1 aromatic rings. The van der Waals surface area contributed by atoms with Gasteiger partial charge >= 0.3 is 0 Å². The van der Waals surface area contributed by atoms with Gasteiger partial charge in [-0.3, -0.25) is 0 Å². The van der Waals surface area contributed by atoms with Gasteiger partial charge in [0.05, 0.1) is 0 Å². The van der Waals surface area contributed by atoms with Gasteiger partial charge < -0.3 is 5.73 Å². The maximum atomic E-state index is 5.56. The first kappa shape index (κ1) is 9.95. The van der Waals surface area contributed by atoms with E-state index in [4.69, 9.17) is 5.73 Å². The Morgan fingerprint density at radius 1 is 1.46 bits per heavy atom. The van der Waals surface area contributed by atoms with Crippen molar-refractivity contribution in [3.63, 3.8) is 0 Å². The molecule has 13 heavy (non-hydrogen) atoms. The highest BCUT2D eigenvalue weighted by Crippen LogP contribution is 2.26. The Hall–Kier alpha value is -1.13. The minimum atomic E-state index is 0.248. The lowest BCUT2D eigenvalue weighted by atomic mass is 9.82. The van der Waals surface area contributed by atoms with E-state index >= 15 is 0 Å². The van der Waals surface area contributed by atoms with Crippen molar-refractivity contribution >= 4 is 5.95 Å². The molecule has 1 aromatic heterocycles. The Morgan fingerprint density at radius 2 is 2.08 bits per heavy atom. The van der Waals surface area contributed by atoms with E-state index < -0.39 is 0 Å². The summed E-state index contributed by atoms with van der Waals surface area (Å²) in [4.78, 5) is 0. The minimum Gasteiger partial charge on any atom is -0.367 e. The highest BCUT2D eigenvalue weighted by atomic mass is 15.6. The van der Waals surface area contributed by atoms with E-state index in [9.17, 15) is 0 Å². The Kier molecular flexibility index (Phi) is 2.54. The molecule has 5 heteroatoms. The fourth-order valence-corrected chi connectivity index (χ4v) is 0.875. The molecule has 0 aromatic carbocycles. The third-order valence-corrected chi connectivity index (χ3v) is 2.48. The van der Waals surface area contributed by atoms with E-state index in [0.717, 1.165) is 6.54 Å². The van der Waals surface area contributed by atoms with E-state index in [-0.39, 0.29) is 5.41 Å². The predicted molar refractivity (Wildman–Crippen MR) is 50.8 cm³/mol. The van der Waals surface area contributed by atoms with E-state index in [1.165, 1.54) is 0 Å². The molecule has 5 nitrogen and oxygen atoms in total. The molecule has 0 saturated heterocycles. The second-order valence-electron chi connectivity index (χ2n) is 4.49. The number of nitrogen functional groups attached to an aromatic ring is 1. The van der Waals surface area contributed by atoms with Crippen molar-refractivity contribution in [2.75, 3.05) is 5.73 Å². The van der Waals surface area contributed by atoms with Crippen LogP contribution >= 0.6 is 0 Å². The molecule has 74 valence electrons. The Balaban J connectivity index is 2.65. The average molecular weight is 183 g/mol. The molecule has 0 saturated carbocycles. The zero-order valence-corrected chi connectivity index (χ0v) is 8.65. The largest absolute Gasteiger partial charge is 0.367 e. The van der Waals surface area contributed by atoms with Gasteiger partial charge in [-0.15, -0.1) is 0 Å². The van der Waals surface area contributed by atoms with Crippen LogP contribution in [-0.4, -0.2) is 20.2 Å². The normalized spacial score (nSPS) is 14.5. The lowest BCUT2D eigenvalue weighted by Gasteiger charge is -2.26. The second-order valence-corrected chi connectivity index (χ2v) is 4.49. The van der Waals surface area contributed by atoms with Crippen LogP contribution in [0, 0.1) is 11.3 Å². The van der Waals surface area contributed by atoms with Crippen molar-refractivity contribution in [2.45, 2.75) is 34.2 Å². The van der Waals surface area contributed by atoms with Crippen LogP contribution in [0.1, 0.15) is 27.7 Å². The van der Waals surface area contributed by atoms with Crippen LogP contribution in [0.15, 0.2) is 0 Å². The molecule has 0 radical (unpaired) electrons. The third kappa shape index (κ3) is 2.40. The van der Waals surface area contributed by atoms with Crippen molar-refractivity contribution in [2.24, 2.45) is 11.3 Å². The zero-order chi connectivity index (χ0) is 10.1. The standard InChI is InChI=1S/C8H17N5/c1-6(8(2,3)4)5-13-7(9)10-11-12-13/h6H,5H2,1-4H3,(H2,9,10,12). The molecule has 0 aliphatic carbocycles. The minimum absolute atomic E-state index is 0.248. The Morgan fingerprint density at radius 3 is 2.46 bits per heavy atom. The van der Waals surface area contributed by atoms with Crippen molar-refractivity contribution in [1.82, 2.24) is 20.2 Å². The van der Waals surface area contributed by atoms with Crippen LogP contribution < -0.4 is 5.73 Å². The lowest BCUT2D eigenvalue weighted by Crippen LogP contribution is -2.23. The van der Waals surface area contributed by atoms with Crippen LogP contribution in [0.4, 0.5) is 5.95 Å². The molecule has 0 spiro atoms. The number of rotatable bonds is 2. The van der Waals surface area contributed by atoms with Gasteiger partial charge in [0, 0.05) is 6.54 Å². The summed E-state index contributed by atoms with van der Waals surface area (Å²) in [7, 11) is 0. The monoisotopic (exact) mass is 183 g/mol. The first-order valence-corrected chi connectivity index (χ1v) is 4.43. The molecule has 0 aliphatic rings. The smallest absolute Gasteiger partial charge is 0.240 e. The number of tetrazole rings is 1. The topological polar surface area (TPSA) is 69.6 Å². The van der Waals surface area contributed by atoms with Crippen LogP contribution in [0.2, 0.25) is 0 Å². The summed E-state index contributed by atoms with van der Waals surface area (Å²) in [5.74, 6) is 0.870. The van der Waals surface area contributed by atoms with Crippen molar-refractivity contribution in [1.29, 1.82) is 0 Å². The van der Waals surface area contributed by atoms with Gasteiger partial charge in [0.1, 0.15) is 0 Å². The first-order valence-electron chi connectivity index (χ1n) is 4.43. The summed E-state index contributed by atoms with van der Waals surface area (Å²) in [5.41, 5.74) is 5.81. The van der Waals surface area contributed by atoms with Crippen LogP contribution in [-0.2, 0) is 6.54 Å². The van der Waals surface area contributed by atoms with E-state index in [1.807, 2.05) is 0 Å². The fourth-order valence-electron chi connectivity index (χ4n) is 0.875.